The van der Waals surface area contributed by atoms with Crippen LogP contribution in [0, 0.1) is 5.92 Å². The van der Waals surface area contributed by atoms with Crippen LogP contribution in [-0.4, -0.2) is 23.4 Å². The highest BCUT2D eigenvalue weighted by Gasteiger charge is 2.08. The highest BCUT2D eigenvalue weighted by Crippen LogP contribution is 2.23. The third kappa shape index (κ3) is 3.99. The van der Waals surface area contributed by atoms with Crippen LogP contribution < -0.4 is 0 Å². The number of aliphatic hydroxyl groups excluding tert-OH is 2. The molecule has 15 heavy (non-hydrogen) atoms. The zero-order valence-corrected chi connectivity index (χ0v) is 9.80. The Morgan fingerprint density at radius 1 is 1.13 bits per heavy atom. The monoisotopic (exact) mass is 248 g/mol. The third-order valence-corrected chi connectivity index (χ3v) is 2.94. The van der Waals surface area contributed by atoms with Gasteiger partial charge in [0.15, 0.2) is 0 Å². The molecule has 2 nitrogen and oxygen atoms in total. The van der Waals surface area contributed by atoms with Crippen LogP contribution >= 0.6 is 23.2 Å². The number of hydrogen-bond acceptors (Lipinski definition) is 2. The lowest BCUT2D eigenvalue weighted by Gasteiger charge is -2.11. The van der Waals surface area contributed by atoms with Gasteiger partial charge in [-0.25, -0.2) is 0 Å². The molecule has 0 amide bonds. The average molecular weight is 249 g/mol. The zero-order valence-electron chi connectivity index (χ0n) is 8.29. The Hall–Kier alpha value is -0.280. The SMILES string of the molecule is OCC(CO)CCc1ccc(Cl)cc1Cl. The van der Waals surface area contributed by atoms with Gasteiger partial charge in [0.1, 0.15) is 0 Å². The molecule has 0 radical (unpaired) electrons. The van der Waals surface area contributed by atoms with Gasteiger partial charge < -0.3 is 10.2 Å². The van der Waals surface area contributed by atoms with Gasteiger partial charge in [0.2, 0.25) is 0 Å². The molecule has 84 valence electrons. The minimum atomic E-state index is -0.0725. The van der Waals surface area contributed by atoms with E-state index in [0.29, 0.717) is 16.5 Å². The molecule has 0 aliphatic carbocycles. The molecule has 0 bridgehead atoms. The molecule has 1 aromatic rings. The Morgan fingerprint density at radius 3 is 2.33 bits per heavy atom. The van der Waals surface area contributed by atoms with E-state index in [4.69, 9.17) is 33.4 Å². The number of aryl methyl sites for hydroxylation is 1. The van der Waals surface area contributed by atoms with Crippen molar-refractivity contribution in [3.63, 3.8) is 0 Å². The number of halogens is 2. The van der Waals surface area contributed by atoms with Gasteiger partial charge in [0.05, 0.1) is 0 Å². The topological polar surface area (TPSA) is 40.5 Å². The van der Waals surface area contributed by atoms with Gasteiger partial charge in [-0.1, -0.05) is 29.3 Å². The molecule has 4 heteroatoms. The van der Waals surface area contributed by atoms with Crippen molar-refractivity contribution in [1.82, 2.24) is 0 Å². The number of aliphatic hydroxyl groups is 2. The van der Waals surface area contributed by atoms with E-state index in [1.54, 1.807) is 12.1 Å². The van der Waals surface area contributed by atoms with Crippen molar-refractivity contribution in [1.29, 1.82) is 0 Å². The van der Waals surface area contributed by atoms with Crippen molar-refractivity contribution < 1.29 is 10.2 Å². The van der Waals surface area contributed by atoms with Crippen LogP contribution in [0.1, 0.15) is 12.0 Å². The molecule has 0 spiro atoms. The van der Waals surface area contributed by atoms with Crippen molar-refractivity contribution in [2.24, 2.45) is 5.92 Å². The Kier molecular flexibility index (Phi) is 5.40. The Labute approximate surface area is 99.5 Å². The molecule has 0 fully saturated rings. The maximum absolute atomic E-state index is 8.90. The molecule has 0 aliphatic rings. The van der Waals surface area contributed by atoms with E-state index in [1.165, 1.54) is 0 Å². The molecule has 0 saturated heterocycles. The molecule has 0 unspecified atom stereocenters. The Bertz CT molecular complexity index is 311. The van der Waals surface area contributed by atoms with Gasteiger partial charge in [0, 0.05) is 29.2 Å². The molecule has 0 heterocycles. The molecule has 1 rings (SSSR count). The summed E-state index contributed by atoms with van der Waals surface area (Å²) >= 11 is 11.8. The van der Waals surface area contributed by atoms with E-state index in [9.17, 15) is 0 Å². The van der Waals surface area contributed by atoms with Crippen molar-refractivity contribution in [2.75, 3.05) is 13.2 Å². The number of benzene rings is 1. The summed E-state index contributed by atoms with van der Waals surface area (Å²) in [6.07, 6.45) is 1.45. The minimum absolute atomic E-state index is 0.00170. The number of rotatable bonds is 5. The first-order valence-electron chi connectivity index (χ1n) is 4.83. The molecular formula is C11H14Cl2O2. The maximum atomic E-state index is 8.90. The van der Waals surface area contributed by atoms with Gasteiger partial charge in [0.25, 0.3) is 0 Å². The van der Waals surface area contributed by atoms with Crippen molar-refractivity contribution in [3.8, 4) is 0 Å². The smallest absolute Gasteiger partial charge is 0.0481 e. The average Bonchev–Trinajstić information content (AvgIpc) is 2.22. The molecule has 0 aromatic heterocycles. The van der Waals surface area contributed by atoms with Crippen LogP contribution in [0.5, 0.6) is 0 Å². The Balaban J connectivity index is 2.57. The lowest BCUT2D eigenvalue weighted by Crippen LogP contribution is -2.11. The summed E-state index contributed by atoms with van der Waals surface area (Å²) < 4.78 is 0. The van der Waals surface area contributed by atoms with Crippen molar-refractivity contribution >= 4 is 23.2 Å². The second kappa shape index (κ2) is 6.33. The summed E-state index contributed by atoms with van der Waals surface area (Å²) in [6, 6.07) is 5.36. The van der Waals surface area contributed by atoms with Crippen molar-refractivity contribution in [2.45, 2.75) is 12.8 Å². The fourth-order valence-corrected chi connectivity index (χ4v) is 1.83. The summed E-state index contributed by atoms with van der Waals surface area (Å²) in [5.74, 6) is -0.0725. The number of hydrogen-bond donors (Lipinski definition) is 2. The van der Waals surface area contributed by atoms with Crippen LogP contribution in [0.15, 0.2) is 18.2 Å². The van der Waals surface area contributed by atoms with Gasteiger partial charge in [-0.3, -0.25) is 0 Å². The van der Waals surface area contributed by atoms with E-state index in [0.717, 1.165) is 12.0 Å². The van der Waals surface area contributed by atoms with Crippen LogP contribution in [0.4, 0.5) is 0 Å². The summed E-state index contributed by atoms with van der Waals surface area (Å²) in [7, 11) is 0. The molecule has 0 aliphatic heterocycles. The minimum Gasteiger partial charge on any atom is -0.396 e. The van der Waals surface area contributed by atoms with Gasteiger partial charge in [-0.05, 0) is 30.5 Å². The molecule has 1 aromatic carbocycles. The van der Waals surface area contributed by atoms with Crippen LogP contribution in [0.2, 0.25) is 10.0 Å². The van der Waals surface area contributed by atoms with Gasteiger partial charge in [-0.15, -0.1) is 0 Å². The van der Waals surface area contributed by atoms with Crippen LogP contribution in [0.3, 0.4) is 0 Å². The largest absolute Gasteiger partial charge is 0.396 e. The van der Waals surface area contributed by atoms with Crippen LogP contribution in [0.25, 0.3) is 0 Å². The van der Waals surface area contributed by atoms with Crippen molar-refractivity contribution in [3.05, 3.63) is 33.8 Å². The lowest BCUT2D eigenvalue weighted by molar-refractivity contribution is 0.144. The summed E-state index contributed by atoms with van der Waals surface area (Å²) in [5, 5.41) is 19.1. The second-order valence-corrected chi connectivity index (χ2v) is 4.35. The van der Waals surface area contributed by atoms with E-state index in [-0.39, 0.29) is 19.1 Å². The first-order chi connectivity index (χ1) is 7.17. The summed E-state index contributed by atoms with van der Waals surface area (Å²) in [5.41, 5.74) is 0.993. The molecule has 0 saturated carbocycles. The van der Waals surface area contributed by atoms with E-state index in [2.05, 4.69) is 0 Å². The van der Waals surface area contributed by atoms with Crippen LogP contribution in [-0.2, 0) is 6.42 Å². The fourth-order valence-electron chi connectivity index (χ4n) is 1.32. The van der Waals surface area contributed by atoms with Gasteiger partial charge in [-0.2, -0.15) is 0 Å². The fraction of sp³-hybridized carbons (Fsp3) is 0.455. The van der Waals surface area contributed by atoms with E-state index >= 15 is 0 Å². The maximum Gasteiger partial charge on any atom is 0.0481 e. The predicted molar refractivity (Wildman–Crippen MR) is 62.4 cm³/mol. The predicted octanol–water partition coefficient (Wildman–Crippen LogP) is 2.53. The first kappa shape index (κ1) is 12.8. The summed E-state index contributed by atoms with van der Waals surface area (Å²) in [6.45, 7) is 0.00339. The quantitative estimate of drug-likeness (QED) is 0.841. The standard InChI is InChI=1S/C11H14Cl2O2/c12-10-4-3-9(11(13)5-10)2-1-8(6-14)7-15/h3-5,8,14-15H,1-2,6-7H2. The molecule has 2 N–H and O–H groups in total. The molecular weight excluding hydrogens is 235 g/mol. The summed E-state index contributed by atoms with van der Waals surface area (Å²) in [4.78, 5) is 0. The second-order valence-electron chi connectivity index (χ2n) is 3.51. The zero-order chi connectivity index (χ0) is 11.3. The van der Waals surface area contributed by atoms with E-state index in [1.807, 2.05) is 6.07 Å². The highest BCUT2D eigenvalue weighted by molar-refractivity contribution is 6.35. The van der Waals surface area contributed by atoms with E-state index < -0.39 is 0 Å². The van der Waals surface area contributed by atoms with Gasteiger partial charge >= 0.3 is 0 Å². The first-order valence-corrected chi connectivity index (χ1v) is 5.58. The molecule has 0 atom stereocenters. The lowest BCUT2D eigenvalue weighted by atomic mass is 10.0. The third-order valence-electron chi connectivity index (χ3n) is 2.35. The Morgan fingerprint density at radius 2 is 1.80 bits per heavy atom. The normalized spacial score (nSPS) is 11.0. The highest BCUT2D eigenvalue weighted by atomic mass is 35.5.